The number of carbonyl (C=O) groups is 3. The highest BCUT2D eigenvalue weighted by atomic mass is 32.1. The second-order valence-corrected chi connectivity index (χ2v) is 10.8. The molecule has 9 nitrogen and oxygen atoms in total. The van der Waals surface area contributed by atoms with E-state index in [0.29, 0.717) is 30.5 Å². The predicted molar refractivity (Wildman–Crippen MR) is 152 cm³/mol. The van der Waals surface area contributed by atoms with E-state index in [1.54, 1.807) is 17.5 Å². The molecule has 10 heteroatoms. The minimum atomic E-state index is -0.347. The minimum absolute atomic E-state index is 0.0322. The minimum Gasteiger partial charge on any atom is -0.459 e. The summed E-state index contributed by atoms with van der Waals surface area (Å²) in [5, 5.41) is 4.96. The molecule has 0 aliphatic carbocycles. The van der Waals surface area contributed by atoms with Crippen LogP contribution in [-0.4, -0.2) is 83.2 Å². The highest BCUT2D eigenvalue weighted by Crippen LogP contribution is 2.17. The van der Waals surface area contributed by atoms with Crippen molar-refractivity contribution in [2.24, 2.45) is 5.92 Å². The lowest BCUT2D eigenvalue weighted by Crippen LogP contribution is -2.49. The number of aromatic nitrogens is 1. The Bertz CT molecular complexity index is 1250. The molecule has 3 aromatic rings. The van der Waals surface area contributed by atoms with Crippen molar-refractivity contribution in [2.75, 3.05) is 51.1 Å². The van der Waals surface area contributed by atoms with Gasteiger partial charge < -0.3 is 19.5 Å². The molecule has 0 spiro atoms. The van der Waals surface area contributed by atoms with Gasteiger partial charge in [0.25, 0.3) is 5.91 Å². The van der Waals surface area contributed by atoms with Crippen LogP contribution >= 0.6 is 11.3 Å². The topological polar surface area (TPSA) is 99.0 Å². The summed E-state index contributed by atoms with van der Waals surface area (Å²) in [6, 6.07) is 13.4. The van der Waals surface area contributed by atoms with Crippen molar-refractivity contribution in [3.8, 4) is 0 Å². The molecule has 1 N–H and O–H groups in total. The summed E-state index contributed by atoms with van der Waals surface area (Å²) >= 11 is 1.27. The molecule has 0 unspecified atom stereocenters. The summed E-state index contributed by atoms with van der Waals surface area (Å²) < 4.78 is 5.21. The number of hydrogen-bond acceptors (Lipinski definition) is 7. The SMILES string of the molecule is CC(C)CN(CC(=O)Nc1nc(CC(=O)N2CCN(CC=Cc3ccccc3)CC2)cs1)C(=O)c1ccco1. The number of carbonyl (C=O) groups excluding carboxylic acids is 3. The van der Waals surface area contributed by atoms with Crippen molar-refractivity contribution < 1.29 is 18.8 Å². The molecule has 3 heterocycles. The van der Waals surface area contributed by atoms with Gasteiger partial charge in [-0.2, -0.15) is 0 Å². The Kier molecular flexibility index (Phi) is 10.0. The van der Waals surface area contributed by atoms with E-state index in [0.717, 1.165) is 19.6 Å². The third-order valence-electron chi connectivity index (χ3n) is 6.27. The number of amides is 3. The first-order valence-electron chi connectivity index (χ1n) is 13.2. The quantitative estimate of drug-likeness (QED) is 0.390. The first-order chi connectivity index (χ1) is 18.9. The number of furan rings is 1. The van der Waals surface area contributed by atoms with Gasteiger partial charge in [-0.1, -0.05) is 56.3 Å². The van der Waals surface area contributed by atoms with E-state index in [9.17, 15) is 14.4 Å². The van der Waals surface area contributed by atoms with Crippen LogP contribution in [0, 0.1) is 5.92 Å². The van der Waals surface area contributed by atoms with Crippen molar-refractivity contribution in [1.82, 2.24) is 19.7 Å². The highest BCUT2D eigenvalue weighted by Gasteiger charge is 2.24. The van der Waals surface area contributed by atoms with Gasteiger partial charge in [0.15, 0.2) is 10.9 Å². The Morgan fingerprint density at radius 1 is 1.10 bits per heavy atom. The number of benzene rings is 1. The monoisotopic (exact) mass is 549 g/mol. The van der Waals surface area contributed by atoms with Gasteiger partial charge in [0.2, 0.25) is 11.8 Å². The van der Waals surface area contributed by atoms with Crippen molar-refractivity contribution >= 4 is 40.3 Å². The number of nitrogens with zero attached hydrogens (tertiary/aromatic N) is 4. The van der Waals surface area contributed by atoms with Crippen LogP contribution in [0.3, 0.4) is 0 Å². The van der Waals surface area contributed by atoms with Gasteiger partial charge in [-0.25, -0.2) is 4.98 Å². The van der Waals surface area contributed by atoms with Crippen LogP contribution in [0.2, 0.25) is 0 Å². The van der Waals surface area contributed by atoms with E-state index < -0.39 is 0 Å². The van der Waals surface area contributed by atoms with Gasteiger partial charge in [-0.05, 0) is 23.6 Å². The lowest BCUT2D eigenvalue weighted by molar-refractivity contribution is -0.132. The number of piperazine rings is 1. The maximum atomic E-state index is 12.9. The maximum absolute atomic E-state index is 12.9. The van der Waals surface area contributed by atoms with Crippen molar-refractivity contribution in [3.63, 3.8) is 0 Å². The number of thiazole rings is 1. The molecule has 4 rings (SSSR count). The fraction of sp³-hybridized carbons (Fsp3) is 0.379. The predicted octanol–water partition coefficient (Wildman–Crippen LogP) is 3.87. The van der Waals surface area contributed by atoms with E-state index in [1.165, 1.54) is 28.1 Å². The molecule has 1 fully saturated rings. The largest absolute Gasteiger partial charge is 0.459 e. The molecule has 3 amide bonds. The zero-order valence-electron chi connectivity index (χ0n) is 22.4. The van der Waals surface area contributed by atoms with Crippen molar-refractivity contribution in [2.45, 2.75) is 20.3 Å². The summed E-state index contributed by atoms with van der Waals surface area (Å²) in [4.78, 5) is 48.4. The molecule has 0 atom stereocenters. The normalized spacial score (nSPS) is 14.2. The first-order valence-corrected chi connectivity index (χ1v) is 14.0. The molecule has 1 aliphatic rings. The van der Waals surface area contributed by atoms with Crippen LogP contribution in [0.1, 0.15) is 35.7 Å². The molecule has 2 aromatic heterocycles. The second kappa shape index (κ2) is 13.9. The third kappa shape index (κ3) is 8.62. The summed E-state index contributed by atoms with van der Waals surface area (Å²) in [6.07, 6.45) is 5.91. The third-order valence-corrected chi connectivity index (χ3v) is 7.07. The van der Waals surface area contributed by atoms with Gasteiger partial charge in [-0.3, -0.25) is 19.3 Å². The molecule has 1 aliphatic heterocycles. The molecular formula is C29H35N5O4S. The van der Waals surface area contributed by atoms with Crippen molar-refractivity contribution in [1.29, 1.82) is 0 Å². The average Bonchev–Trinajstić information content (AvgIpc) is 3.61. The Morgan fingerprint density at radius 3 is 2.56 bits per heavy atom. The van der Waals surface area contributed by atoms with Crippen LogP contribution < -0.4 is 5.32 Å². The molecule has 1 aromatic carbocycles. The number of anilines is 1. The van der Waals surface area contributed by atoms with Gasteiger partial charge >= 0.3 is 0 Å². The summed E-state index contributed by atoms with van der Waals surface area (Å²) in [7, 11) is 0. The summed E-state index contributed by atoms with van der Waals surface area (Å²) in [6.45, 7) is 8.13. The van der Waals surface area contributed by atoms with E-state index >= 15 is 0 Å². The smallest absolute Gasteiger partial charge is 0.290 e. The van der Waals surface area contributed by atoms with Crippen LogP contribution in [0.25, 0.3) is 6.08 Å². The molecule has 206 valence electrons. The molecule has 0 saturated carbocycles. The van der Waals surface area contributed by atoms with E-state index in [4.69, 9.17) is 4.42 Å². The number of rotatable bonds is 11. The lowest BCUT2D eigenvalue weighted by Gasteiger charge is -2.34. The summed E-state index contributed by atoms with van der Waals surface area (Å²) in [5.41, 5.74) is 1.81. The molecular weight excluding hydrogens is 514 g/mol. The van der Waals surface area contributed by atoms with Crippen LogP contribution in [0.5, 0.6) is 0 Å². The Morgan fingerprint density at radius 2 is 1.87 bits per heavy atom. The fourth-order valence-corrected chi connectivity index (χ4v) is 5.07. The number of hydrogen-bond donors (Lipinski definition) is 1. The highest BCUT2D eigenvalue weighted by molar-refractivity contribution is 7.13. The zero-order valence-corrected chi connectivity index (χ0v) is 23.2. The van der Waals surface area contributed by atoms with E-state index in [-0.39, 0.29) is 42.4 Å². The molecule has 1 saturated heterocycles. The molecule has 0 bridgehead atoms. The van der Waals surface area contributed by atoms with Gasteiger partial charge in [0, 0.05) is 44.6 Å². The first kappa shape index (κ1) is 28.3. The molecule has 39 heavy (non-hydrogen) atoms. The molecule has 0 radical (unpaired) electrons. The Labute approximate surface area is 233 Å². The zero-order chi connectivity index (χ0) is 27.6. The van der Waals surface area contributed by atoms with Crippen LogP contribution in [-0.2, 0) is 16.0 Å². The van der Waals surface area contributed by atoms with E-state index in [2.05, 4.69) is 39.5 Å². The van der Waals surface area contributed by atoms with Gasteiger partial charge in [0.1, 0.15) is 6.54 Å². The summed E-state index contributed by atoms with van der Waals surface area (Å²) in [5.74, 6) is -0.267. The Hall–Kier alpha value is -3.76. The van der Waals surface area contributed by atoms with Gasteiger partial charge in [-0.15, -0.1) is 11.3 Å². The Balaban J connectivity index is 1.22. The maximum Gasteiger partial charge on any atom is 0.290 e. The van der Waals surface area contributed by atoms with Crippen molar-refractivity contribution in [3.05, 3.63) is 77.2 Å². The van der Waals surface area contributed by atoms with Crippen LogP contribution in [0.4, 0.5) is 5.13 Å². The fourth-order valence-electron chi connectivity index (χ4n) is 4.34. The van der Waals surface area contributed by atoms with E-state index in [1.807, 2.05) is 36.9 Å². The average molecular weight is 550 g/mol. The number of nitrogens with one attached hydrogen (secondary N) is 1. The lowest BCUT2D eigenvalue weighted by atomic mass is 10.2. The van der Waals surface area contributed by atoms with Crippen LogP contribution in [0.15, 0.2) is 64.6 Å². The van der Waals surface area contributed by atoms with Gasteiger partial charge in [0.05, 0.1) is 18.4 Å². The standard InChI is InChI=1S/C29H35N5O4S/c1-22(2)19-34(28(37)25-11-7-17-38-25)20-26(35)31-29-30-24(21-39-29)18-27(36)33-15-13-32(14-16-33)12-6-10-23-8-4-3-5-9-23/h3-11,17,21-22H,12-16,18-20H2,1-2H3,(H,30,31,35). The second-order valence-electron chi connectivity index (χ2n) is 9.92.